The third kappa shape index (κ3) is 3.28. The van der Waals surface area contributed by atoms with Crippen LogP contribution in [0.4, 0.5) is 0 Å². The Balaban J connectivity index is 2.29. The van der Waals surface area contributed by atoms with Crippen LogP contribution in [0.1, 0.15) is 56.1 Å². The maximum atomic E-state index is 4.50. The molecule has 3 heteroatoms. The van der Waals surface area contributed by atoms with E-state index in [1.165, 1.54) is 11.1 Å². The average Bonchev–Trinajstić information content (AvgIpc) is 2.86. The van der Waals surface area contributed by atoms with Crippen molar-refractivity contribution in [3.05, 3.63) is 53.6 Å². The molecule has 20 heavy (non-hydrogen) atoms. The lowest BCUT2D eigenvalue weighted by Crippen LogP contribution is -2.25. The summed E-state index contributed by atoms with van der Waals surface area (Å²) < 4.78 is 2.09. The second-order valence-corrected chi connectivity index (χ2v) is 5.60. The van der Waals surface area contributed by atoms with Crippen LogP contribution in [-0.4, -0.2) is 16.1 Å². The zero-order chi connectivity index (χ0) is 14.5. The monoisotopic (exact) mass is 271 g/mol. The SMILES string of the molecule is CCCNC(c1ccc(C(C)C)cc1)c1nccn1C. The van der Waals surface area contributed by atoms with Crippen LogP contribution in [-0.2, 0) is 7.05 Å². The zero-order valence-corrected chi connectivity index (χ0v) is 12.9. The molecule has 0 saturated heterocycles. The van der Waals surface area contributed by atoms with Crippen LogP contribution in [0.2, 0.25) is 0 Å². The lowest BCUT2D eigenvalue weighted by atomic mass is 9.98. The third-order valence-corrected chi connectivity index (χ3v) is 3.65. The number of hydrogen-bond acceptors (Lipinski definition) is 2. The first-order valence-corrected chi connectivity index (χ1v) is 7.44. The summed E-state index contributed by atoms with van der Waals surface area (Å²) in [7, 11) is 2.05. The number of aromatic nitrogens is 2. The van der Waals surface area contributed by atoms with E-state index in [2.05, 4.69) is 59.9 Å². The predicted molar refractivity (Wildman–Crippen MR) is 83.9 cm³/mol. The van der Waals surface area contributed by atoms with Gasteiger partial charge >= 0.3 is 0 Å². The van der Waals surface area contributed by atoms with Crippen molar-refractivity contribution in [2.45, 2.75) is 39.2 Å². The number of rotatable bonds is 6. The highest BCUT2D eigenvalue weighted by Crippen LogP contribution is 2.23. The van der Waals surface area contributed by atoms with Gasteiger partial charge in [0.1, 0.15) is 5.82 Å². The van der Waals surface area contributed by atoms with Gasteiger partial charge in [-0.2, -0.15) is 0 Å². The minimum Gasteiger partial charge on any atom is -0.336 e. The molecule has 0 aliphatic rings. The molecular formula is C17H25N3. The van der Waals surface area contributed by atoms with E-state index in [0.29, 0.717) is 5.92 Å². The van der Waals surface area contributed by atoms with Crippen LogP contribution in [0.5, 0.6) is 0 Å². The van der Waals surface area contributed by atoms with Gasteiger partial charge in [0, 0.05) is 19.4 Å². The number of nitrogens with one attached hydrogen (secondary N) is 1. The Morgan fingerprint density at radius 3 is 2.30 bits per heavy atom. The molecule has 0 amide bonds. The first-order valence-electron chi connectivity index (χ1n) is 7.44. The van der Waals surface area contributed by atoms with Crippen molar-refractivity contribution in [1.82, 2.24) is 14.9 Å². The summed E-state index contributed by atoms with van der Waals surface area (Å²) >= 11 is 0. The molecule has 0 bridgehead atoms. The van der Waals surface area contributed by atoms with Gasteiger partial charge in [-0.15, -0.1) is 0 Å². The van der Waals surface area contributed by atoms with Crippen LogP contribution in [0.15, 0.2) is 36.7 Å². The van der Waals surface area contributed by atoms with Crippen molar-refractivity contribution in [2.75, 3.05) is 6.54 Å². The van der Waals surface area contributed by atoms with Gasteiger partial charge in [0.2, 0.25) is 0 Å². The smallest absolute Gasteiger partial charge is 0.130 e. The van der Waals surface area contributed by atoms with E-state index in [4.69, 9.17) is 0 Å². The molecule has 3 nitrogen and oxygen atoms in total. The van der Waals surface area contributed by atoms with Gasteiger partial charge in [-0.3, -0.25) is 0 Å². The maximum absolute atomic E-state index is 4.50. The van der Waals surface area contributed by atoms with Gasteiger partial charge in [-0.25, -0.2) is 4.98 Å². The molecule has 2 rings (SSSR count). The largest absolute Gasteiger partial charge is 0.336 e. The molecule has 0 fully saturated rings. The van der Waals surface area contributed by atoms with Crippen LogP contribution in [0.25, 0.3) is 0 Å². The fourth-order valence-electron chi connectivity index (χ4n) is 2.38. The fraction of sp³-hybridized carbons (Fsp3) is 0.471. The summed E-state index contributed by atoms with van der Waals surface area (Å²) in [5.74, 6) is 1.63. The molecule has 0 aliphatic heterocycles. The molecule has 0 spiro atoms. The topological polar surface area (TPSA) is 29.9 Å². The number of aryl methyl sites for hydroxylation is 1. The van der Waals surface area contributed by atoms with Gasteiger partial charge in [0.25, 0.3) is 0 Å². The van der Waals surface area contributed by atoms with Gasteiger partial charge in [-0.1, -0.05) is 45.0 Å². The number of benzene rings is 1. The van der Waals surface area contributed by atoms with E-state index in [0.717, 1.165) is 18.8 Å². The summed E-state index contributed by atoms with van der Waals surface area (Å²) in [5, 5.41) is 3.59. The highest BCUT2D eigenvalue weighted by atomic mass is 15.1. The molecule has 1 aromatic heterocycles. The minimum atomic E-state index is 0.163. The van der Waals surface area contributed by atoms with E-state index in [-0.39, 0.29) is 6.04 Å². The fourth-order valence-corrected chi connectivity index (χ4v) is 2.38. The van der Waals surface area contributed by atoms with Crippen LogP contribution >= 0.6 is 0 Å². The Morgan fingerprint density at radius 1 is 1.15 bits per heavy atom. The van der Waals surface area contributed by atoms with Gasteiger partial charge < -0.3 is 9.88 Å². The van der Waals surface area contributed by atoms with Crippen molar-refractivity contribution in [1.29, 1.82) is 0 Å². The summed E-state index contributed by atoms with van der Waals surface area (Å²) in [6.45, 7) is 7.62. The Hall–Kier alpha value is -1.61. The predicted octanol–water partition coefficient (Wildman–Crippen LogP) is 3.63. The summed E-state index contributed by atoms with van der Waals surface area (Å²) in [6.07, 6.45) is 4.97. The van der Waals surface area contributed by atoms with E-state index in [1.54, 1.807) is 0 Å². The minimum absolute atomic E-state index is 0.163. The van der Waals surface area contributed by atoms with Crippen molar-refractivity contribution in [2.24, 2.45) is 7.05 Å². The Kier molecular flexibility index (Phi) is 4.96. The Morgan fingerprint density at radius 2 is 1.80 bits per heavy atom. The van der Waals surface area contributed by atoms with Gasteiger partial charge in [0.15, 0.2) is 0 Å². The molecule has 0 aliphatic carbocycles. The van der Waals surface area contributed by atoms with E-state index in [9.17, 15) is 0 Å². The molecule has 1 N–H and O–H groups in total. The molecule has 2 aromatic rings. The second-order valence-electron chi connectivity index (χ2n) is 5.60. The Bertz CT molecular complexity index is 525. The zero-order valence-electron chi connectivity index (χ0n) is 12.9. The van der Waals surface area contributed by atoms with Crippen molar-refractivity contribution < 1.29 is 0 Å². The summed E-state index contributed by atoms with van der Waals surface area (Å²) in [5.41, 5.74) is 2.65. The molecule has 0 radical (unpaired) electrons. The van der Waals surface area contributed by atoms with Crippen molar-refractivity contribution >= 4 is 0 Å². The van der Waals surface area contributed by atoms with E-state index < -0.39 is 0 Å². The van der Waals surface area contributed by atoms with Crippen LogP contribution in [0.3, 0.4) is 0 Å². The highest BCUT2D eigenvalue weighted by Gasteiger charge is 2.17. The molecule has 1 aromatic carbocycles. The molecule has 1 unspecified atom stereocenters. The summed E-state index contributed by atoms with van der Waals surface area (Å²) in [6, 6.07) is 9.05. The quantitative estimate of drug-likeness (QED) is 0.869. The molecular weight excluding hydrogens is 246 g/mol. The van der Waals surface area contributed by atoms with Crippen molar-refractivity contribution in [3.8, 4) is 0 Å². The van der Waals surface area contributed by atoms with Crippen molar-refractivity contribution in [3.63, 3.8) is 0 Å². The lowest BCUT2D eigenvalue weighted by molar-refractivity contribution is 0.555. The van der Waals surface area contributed by atoms with Crippen LogP contribution in [0, 0.1) is 0 Å². The Labute approximate surface area is 122 Å². The van der Waals surface area contributed by atoms with Gasteiger partial charge in [-0.05, 0) is 30.0 Å². The standard InChI is InChI=1S/C17H25N3/c1-5-10-18-16(17-19-11-12-20(17)4)15-8-6-14(7-9-15)13(2)3/h6-9,11-13,16,18H,5,10H2,1-4H3. The van der Waals surface area contributed by atoms with Crippen LogP contribution < -0.4 is 5.32 Å². The first-order chi connectivity index (χ1) is 9.63. The molecule has 108 valence electrons. The maximum Gasteiger partial charge on any atom is 0.130 e. The lowest BCUT2D eigenvalue weighted by Gasteiger charge is -2.19. The molecule has 0 saturated carbocycles. The normalized spacial score (nSPS) is 12.8. The van der Waals surface area contributed by atoms with E-state index in [1.807, 2.05) is 19.4 Å². The highest BCUT2D eigenvalue weighted by molar-refractivity contribution is 5.30. The average molecular weight is 271 g/mol. The third-order valence-electron chi connectivity index (χ3n) is 3.65. The number of nitrogens with zero attached hydrogens (tertiary/aromatic N) is 2. The van der Waals surface area contributed by atoms with Gasteiger partial charge in [0.05, 0.1) is 6.04 Å². The second kappa shape index (κ2) is 6.71. The molecule has 1 heterocycles. The number of hydrogen-bond donors (Lipinski definition) is 1. The molecule has 1 atom stereocenters. The first kappa shape index (κ1) is 14.8. The van der Waals surface area contributed by atoms with E-state index >= 15 is 0 Å². The number of imidazole rings is 1. The summed E-state index contributed by atoms with van der Waals surface area (Å²) in [4.78, 5) is 4.50.